The second-order valence-electron chi connectivity index (χ2n) is 4.59. The van der Waals surface area contributed by atoms with Crippen LogP contribution in [0.2, 0.25) is 0 Å². The minimum atomic E-state index is -1.12. The van der Waals surface area contributed by atoms with Crippen LogP contribution in [0.15, 0.2) is 28.7 Å². The van der Waals surface area contributed by atoms with Crippen molar-refractivity contribution in [1.82, 2.24) is 5.32 Å². The molecule has 1 rings (SSSR count). The van der Waals surface area contributed by atoms with Crippen LogP contribution in [0, 0.1) is 0 Å². The smallest absolute Gasteiger partial charge is 0.326 e. The molecule has 0 heterocycles. The van der Waals surface area contributed by atoms with Gasteiger partial charge in [-0.05, 0) is 24.6 Å². The maximum absolute atomic E-state index is 11.7. The Morgan fingerprint density at radius 3 is 2.41 bits per heavy atom. The third kappa shape index (κ3) is 6.71. The van der Waals surface area contributed by atoms with Gasteiger partial charge in [-0.15, -0.1) is 0 Å². The van der Waals surface area contributed by atoms with E-state index in [1.165, 1.54) is 0 Å². The quantitative estimate of drug-likeness (QED) is 0.680. The van der Waals surface area contributed by atoms with Crippen molar-refractivity contribution in [3.63, 3.8) is 0 Å². The molecule has 0 radical (unpaired) electrons. The van der Waals surface area contributed by atoms with Crippen LogP contribution in [0.25, 0.3) is 0 Å². The molecule has 0 fully saturated rings. The molecule has 1 aromatic rings. The van der Waals surface area contributed by atoms with E-state index in [9.17, 15) is 19.5 Å². The van der Waals surface area contributed by atoms with Crippen molar-refractivity contribution >= 4 is 33.8 Å². The molecular formula is C15H18BrNO5. The summed E-state index contributed by atoms with van der Waals surface area (Å²) in [6.45, 7) is 1.93. The lowest BCUT2D eigenvalue weighted by atomic mass is 10.1. The Labute approximate surface area is 137 Å². The Kier molecular flexibility index (Phi) is 7.59. The van der Waals surface area contributed by atoms with Crippen molar-refractivity contribution in [2.45, 2.75) is 32.2 Å². The highest BCUT2D eigenvalue weighted by molar-refractivity contribution is 9.10. The average Bonchev–Trinajstić information content (AvgIpc) is 2.47. The van der Waals surface area contributed by atoms with Gasteiger partial charge in [0, 0.05) is 17.3 Å². The Morgan fingerprint density at radius 1 is 1.23 bits per heavy atom. The van der Waals surface area contributed by atoms with E-state index >= 15 is 0 Å². The molecule has 0 aliphatic rings. The molecule has 0 unspecified atom stereocenters. The highest BCUT2D eigenvalue weighted by Crippen LogP contribution is 2.12. The molecule has 1 aromatic carbocycles. The van der Waals surface area contributed by atoms with E-state index in [1.54, 1.807) is 31.2 Å². The molecule has 0 bridgehead atoms. The van der Waals surface area contributed by atoms with E-state index in [0.29, 0.717) is 0 Å². The van der Waals surface area contributed by atoms with Gasteiger partial charge in [0.15, 0.2) is 0 Å². The molecule has 0 aliphatic carbocycles. The van der Waals surface area contributed by atoms with Gasteiger partial charge in [0.25, 0.3) is 0 Å². The fourth-order valence-electron chi connectivity index (χ4n) is 1.77. The summed E-state index contributed by atoms with van der Waals surface area (Å²) in [6.07, 6.45) is 0.0149. The summed E-state index contributed by atoms with van der Waals surface area (Å²) in [5, 5.41) is 11.6. The van der Waals surface area contributed by atoms with Gasteiger partial charge < -0.3 is 15.2 Å². The SMILES string of the molecule is CCOC(=O)CCC(=O)N[C@@H](Cc1ccc(Br)cc1)C(=O)O. The van der Waals surface area contributed by atoms with Gasteiger partial charge in [0.05, 0.1) is 13.0 Å². The first-order valence-electron chi connectivity index (χ1n) is 6.84. The molecule has 0 spiro atoms. The molecule has 22 heavy (non-hydrogen) atoms. The zero-order valence-corrected chi connectivity index (χ0v) is 13.8. The summed E-state index contributed by atoms with van der Waals surface area (Å²) in [5.74, 6) is -2.08. The van der Waals surface area contributed by atoms with Crippen LogP contribution in [-0.2, 0) is 25.5 Å². The number of rotatable bonds is 8. The molecule has 0 aliphatic heterocycles. The highest BCUT2D eigenvalue weighted by Gasteiger charge is 2.20. The standard InChI is InChI=1S/C15H18BrNO5/c1-2-22-14(19)8-7-13(18)17-12(15(20)21)9-10-3-5-11(16)6-4-10/h3-6,12H,2,7-9H2,1H3,(H,17,18)(H,20,21)/t12-/m0/s1. The number of carbonyl (C=O) groups is 3. The second-order valence-corrected chi connectivity index (χ2v) is 5.51. The molecule has 7 heteroatoms. The lowest BCUT2D eigenvalue weighted by Crippen LogP contribution is -2.42. The normalized spacial score (nSPS) is 11.5. The molecular weight excluding hydrogens is 354 g/mol. The number of hydrogen-bond donors (Lipinski definition) is 2. The van der Waals surface area contributed by atoms with Crippen LogP contribution in [0.1, 0.15) is 25.3 Å². The molecule has 0 aromatic heterocycles. The molecule has 0 saturated heterocycles. The fraction of sp³-hybridized carbons (Fsp3) is 0.400. The zero-order valence-electron chi connectivity index (χ0n) is 12.2. The molecule has 2 N–H and O–H groups in total. The van der Waals surface area contributed by atoms with Crippen molar-refractivity contribution in [3.05, 3.63) is 34.3 Å². The van der Waals surface area contributed by atoms with Gasteiger partial charge in [0.1, 0.15) is 6.04 Å². The number of carbonyl (C=O) groups excluding carboxylic acids is 2. The summed E-state index contributed by atoms with van der Waals surface area (Å²) in [7, 11) is 0. The van der Waals surface area contributed by atoms with Gasteiger partial charge in [-0.3, -0.25) is 9.59 Å². The minimum absolute atomic E-state index is 0.0652. The van der Waals surface area contributed by atoms with E-state index in [-0.39, 0.29) is 25.9 Å². The van der Waals surface area contributed by atoms with Crippen molar-refractivity contribution in [1.29, 1.82) is 0 Å². The third-order valence-electron chi connectivity index (χ3n) is 2.85. The van der Waals surface area contributed by atoms with Crippen LogP contribution in [0.3, 0.4) is 0 Å². The average molecular weight is 372 g/mol. The highest BCUT2D eigenvalue weighted by atomic mass is 79.9. The maximum Gasteiger partial charge on any atom is 0.326 e. The van der Waals surface area contributed by atoms with Gasteiger partial charge in [0.2, 0.25) is 5.91 Å². The monoisotopic (exact) mass is 371 g/mol. The molecule has 120 valence electrons. The van der Waals surface area contributed by atoms with Crippen molar-refractivity contribution in [3.8, 4) is 0 Å². The Bertz CT molecular complexity index is 529. The number of carboxylic acids is 1. The summed E-state index contributed by atoms with van der Waals surface area (Å²) in [5.41, 5.74) is 0.793. The Balaban J connectivity index is 2.53. The van der Waals surface area contributed by atoms with Gasteiger partial charge >= 0.3 is 11.9 Å². The van der Waals surface area contributed by atoms with Gasteiger partial charge in [-0.2, -0.15) is 0 Å². The van der Waals surface area contributed by atoms with E-state index in [1.807, 2.05) is 0 Å². The number of nitrogens with one attached hydrogen (secondary N) is 1. The predicted octanol–water partition coefficient (Wildman–Crippen LogP) is 1.90. The summed E-state index contributed by atoms with van der Waals surface area (Å²) in [6, 6.07) is 6.14. The lowest BCUT2D eigenvalue weighted by molar-refractivity contribution is -0.144. The predicted molar refractivity (Wildman–Crippen MR) is 83.3 cm³/mol. The van der Waals surface area contributed by atoms with E-state index in [4.69, 9.17) is 4.74 Å². The molecule has 6 nitrogen and oxygen atoms in total. The molecule has 1 atom stereocenters. The van der Waals surface area contributed by atoms with Crippen molar-refractivity contribution in [2.24, 2.45) is 0 Å². The first kappa shape index (κ1) is 18.2. The number of amides is 1. The summed E-state index contributed by atoms with van der Waals surface area (Å²) >= 11 is 3.30. The Morgan fingerprint density at radius 2 is 1.86 bits per heavy atom. The van der Waals surface area contributed by atoms with Crippen LogP contribution in [-0.4, -0.2) is 35.6 Å². The topological polar surface area (TPSA) is 92.7 Å². The van der Waals surface area contributed by atoms with E-state index in [0.717, 1.165) is 10.0 Å². The molecule has 1 amide bonds. The summed E-state index contributed by atoms with van der Waals surface area (Å²) < 4.78 is 5.60. The maximum atomic E-state index is 11.7. The van der Waals surface area contributed by atoms with Crippen LogP contribution in [0.5, 0.6) is 0 Å². The second kappa shape index (κ2) is 9.19. The third-order valence-corrected chi connectivity index (χ3v) is 3.38. The van der Waals surface area contributed by atoms with E-state index < -0.39 is 23.9 Å². The number of ether oxygens (including phenoxy) is 1. The lowest BCUT2D eigenvalue weighted by Gasteiger charge is -2.14. The summed E-state index contributed by atoms with van der Waals surface area (Å²) in [4.78, 5) is 34.1. The minimum Gasteiger partial charge on any atom is -0.480 e. The number of esters is 1. The fourth-order valence-corrected chi connectivity index (χ4v) is 2.04. The zero-order chi connectivity index (χ0) is 16.5. The number of halogens is 1. The number of carboxylic acid groups (broad SMARTS) is 1. The first-order chi connectivity index (χ1) is 10.4. The first-order valence-corrected chi connectivity index (χ1v) is 7.64. The van der Waals surface area contributed by atoms with Crippen molar-refractivity contribution < 1.29 is 24.2 Å². The molecule has 0 saturated carbocycles. The van der Waals surface area contributed by atoms with Crippen LogP contribution in [0.4, 0.5) is 0 Å². The van der Waals surface area contributed by atoms with Crippen LogP contribution < -0.4 is 5.32 Å². The van der Waals surface area contributed by atoms with Crippen LogP contribution >= 0.6 is 15.9 Å². The largest absolute Gasteiger partial charge is 0.480 e. The number of aliphatic carboxylic acids is 1. The number of hydrogen-bond acceptors (Lipinski definition) is 4. The Hall–Kier alpha value is -1.89. The van der Waals surface area contributed by atoms with Gasteiger partial charge in [-0.25, -0.2) is 4.79 Å². The van der Waals surface area contributed by atoms with E-state index in [2.05, 4.69) is 21.2 Å². The van der Waals surface area contributed by atoms with Gasteiger partial charge in [-0.1, -0.05) is 28.1 Å². The number of benzene rings is 1. The van der Waals surface area contributed by atoms with Crippen molar-refractivity contribution in [2.75, 3.05) is 6.61 Å².